The maximum atomic E-state index is 13.3. The second kappa shape index (κ2) is 7.14. The molecule has 0 spiro atoms. The first-order chi connectivity index (χ1) is 10.8. The fourth-order valence-corrected chi connectivity index (χ4v) is 2.77. The van der Waals surface area contributed by atoms with Gasteiger partial charge in [-0.25, -0.2) is 13.8 Å². The second-order valence-corrected chi connectivity index (χ2v) is 7.01. The van der Waals surface area contributed by atoms with Crippen molar-refractivity contribution >= 4 is 17.2 Å². The lowest BCUT2D eigenvalue weighted by Crippen LogP contribution is -2.34. The molecule has 0 bridgehead atoms. The van der Waals surface area contributed by atoms with Gasteiger partial charge in [0, 0.05) is 18.7 Å². The van der Waals surface area contributed by atoms with E-state index < -0.39 is 11.6 Å². The Bertz CT molecular complexity index is 701. The Morgan fingerprint density at radius 2 is 2.09 bits per heavy atom. The third kappa shape index (κ3) is 4.56. The Labute approximate surface area is 137 Å². The third-order valence-corrected chi connectivity index (χ3v) is 4.46. The average molecular weight is 340 g/mol. The van der Waals surface area contributed by atoms with E-state index in [4.69, 9.17) is 5.11 Å². The maximum absolute atomic E-state index is 13.3. The molecule has 0 atom stereocenters. The highest BCUT2D eigenvalue weighted by molar-refractivity contribution is 7.16. The zero-order valence-electron chi connectivity index (χ0n) is 12.9. The van der Waals surface area contributed by atoms with Gasteiger partial charge in [-0.05, 0) is 30.0 Å². The molecule has 0 saturated carbocycles. The third-order valence-electron chi connectivity index (χ3n) is 3.41. The number of carbonyl (C=O) groups excluding carboxylic acids is 1. The van der Waals surface area contributed by atoms with E-state index in [2.05, 4.69) is 10.3 Å². The number of thiazole rings is 1. The molecule has 0 saturated heterocycles. The molecule has 1 heterocycles. The van der Waals surface area contributed by atoms with Gasteiger partial charge in [0.15, 0.2) is 11.6 Å². The van der Waals surface area contributed by atoms with Crippen molar-refractivity contribution in [3.63, 3.8) is 0 Å². The van der Waals surface area contributed by atoms with Gasteiger partial charge in [0.1, 0.15) is 9.88 Å². The fourth-order valence-electron chi connectivity index (χ4n) is 1.94. The number of nitrogens with one attached hydrogen (secondary N) is 1. The summed E-state index contributed by atoms with van der Waals surface area (Å²) in [6.45, 7) is 4.38. The number of rotatable bonds is 6. The van der Waals surface area contributed by atoms with Gasteiger partial charge in [0.25, 0.3) is 5.91 Å². The van der Waals surface area contributed by atoms with Crippen LogP contribution in [0.2, 0.25) is 0 Å². The molecule has 0 aliphatic rings. The molecule has 4 nitrogen and oxygen atoms in total. The smallest absolute Gasteiger partial charge is 0.263 e. The van der Waals surface area contributed by atoms with Crippen molar-refractivity contribution in [3.05, 3.63) is 40.9 Å². The predicted octanol–water partition coefficient (Wildman–Crippen LogP) is 3.23. The Balaban J connectivity index is 2.06. The normalized spacial score (nSPS) is 11.5. The van der Waals surface area contributed by atoms with Crippen molar-refractivity contribution in [2.24, 2.45) is 5.41 Å². The quantitative estimate of drug-likeness (QED) is 0.849. The minimum Gasteiger partial charge on any atom is -0.396 e. The van der Waals surface area contributed by atoms with Gasteiger partial charge in [0.2, 0.25) is 0 Å². The molecule has 0 radical (unpaired) electrons. The highest BCUT2D eigenvalue weighted by Crippen LogP contribution is 2.26. The summed E-state index contributed by atoms with van der Waals surface area (Å²) in [4.78, 5) is 16.6. The number of benzene rings is 1. The molecule has 2 N–H and O–H groups in total. The lowest BCUT2D eigenvalue weighted by atomic mass is 9.90. The Kier molecular flexibility index (Phi) is 5.43. The van der Waals surface area contributed by atoms with Crippen LogP contribution < -0.4 is 5.32 Å². The van der Waals surface area contributed by atoms with Crippen molar-refractivity contribution in [3.8, 4) is 10.6 Å². The molecule has 0 aliphatic heterocycles. The van der Waals surface area contributed by atoms with Crippen molar-refractivity contribution in [1.82, 2.24) is 10.3 Å². The number of aliphatic hydroxyl groups is 1. The molecular formula is C16H18F2N2O2S. The molecule has 2 aromatic rings. The summed E-state index contributed by atoms with van der Waals surface area (Å²) in [6.07, 6.45) is 1.99. The lowest BCUT2D eigenvalue weighted by Gasteiger charge is -2.23. The number of amides is 1. The van der Waals surface area contributed by atoms with Crippen LogP contribution in [0, 0.1) is 17.0 Å². The number of nitrogens with zero attached hydrogens (tertiary/aromatic N) is 1. The topological polar surface area (TPSA) is 62.2 Å². The Morgan fingerprint density at radius 3 is 2.74 bits per heavy atom. The minimum absolute atomic E-state index is 0.0592. The van der Waals surface area contributed by atoms with Gasteiger partial charge in [0.05, 0.1) is 6.20 Å². The van der Waals surface area contributed by atoms with Crippen LogP contribution >= 0.6 is 11.3 Å². The number of aromatic nitrogens is 1. The van der Waals surface area contributed by atoms with Crippen LogP contribution in [0.25, 0.3) is 10.6 Å². The number of halogens is 2. The molecule has 1 aromatic carbocycles. The van der Waals surface area contributed by atoms with Crippen molar-refractivity contribution < 1.29 is 18.7 Å². The van der Waals surface area contributed by atoms with Crippen LogP contribution in [0.3, 0.4) is 0 Å². The number of hydrogen-bond donors (Lipinski definition) is 2. The van der Waals surface area contributed by atoms with Crippen LogP contribution in [-0.2, 0) is 0 Å². The van der Waals surface area contributed by atoms with Crippen LogP contribution in [0.4, 0.5) is 8.78 Å². The molecule has 2 rings (SSSR count). The van der Waals surface area contributed by atoms with Gasteiger partial charge >= 0.3 is 0 Å². The number of aliphatic hydroxyl groups excluding tert-OH is 1. The molecule has 7 heteroatoms. The summed E-state index contributed by atoms with van der Waals surface area (Å²) < 4.78 is 26.2. The summed E-state index contributed by atoms with van der Waals surface area (Å²) in [5, 5.41) is 12.2. The monoisotopic (exact) mass is 340 g/mol. The van der Waals surface area contributed by atoms with Crippen LogP contribution in [0.5, 0.6) is 0 Å². The highest BCUT2D eigenvalue weighted by atomic mass is 32.1. The molecule has 1 amide bonds. The number of carbonyl (C=O) groups is 1. The first kappa shape index (κ1) is 17.5. The largest absolute Gasteiger partial charge is 0.396 e. The van der Waals surface area contributed by atoms with E-state index in [9.17, 15) is 13.6 Å². The first-order valence-electron chi connectivity index (χ1n) is 7.13. The Morgan fingerprint density at radius 1 is 1.35 bits per heavy atom. The van der Waals surface area contributed by atoms with E-state index in [0.717, 1.165) is 23.5 Å². The van der Waals surface area contributed by atoms with E-state index in [1.807, 2.05) is 13.8 Å². The molecule has 0 aliphatic carbocycles. The molecule has 1 aromatic heterocycles. The van der Waals surface area contributed by atoms with E-state index in [1.54, 1.807) is 0 Å². The predicted molar refractivity (Wildman–Crippen MR) is 85.3 cm³/mol. The summed E-state index contributed by atoms with van der Waals surface area (Å²) >= 11 is 1.11. The summed E-state index contributed by atoms with van der Waals surface area (Å²) in [5.74, 6) is -2.15. The van der Waals surface area contributed by atoms with Crippen LogP contribution in [0.15, 0.2) is 24.4 Å². The van der Waals surface area contributed by atoms with Crippen LogP contribution in [0.1, 0.15) is 29.9 Å². The van der Waals surface area contributed by atoms with E-state index in [1.165, 1.54) is 12.3 Å². The Hall–Kier alpha value is -1.86. The van der Waals surface area contributed by atoms with E-state index in [0.29, 0.717) is 28.4 Å². The van der Waals surface area contributed by atoms with Gasteiger partial charge in [-0.1, -0.05) is 13.8 Å². The summed E-state index contributed by atoms with van der Waals surface area (Å²) in [5.41, 5.74) is 0.214. The standard InChI is InChI=1S/C16H18F2N2O2S/c1-16(2,5-6-21)9-20-14(22)13-8-19-15(23-13)10-3-4-11(17)12(18)7-10/h3-4,7-8,21H,5-6,9H2,1-2H3,(H,20,22). The first-order valence-corrected chi connectivity index (χ1v) is 7.94. The van der Waals surface area contributed by atoms with E-state index in [-0.39, 0.29) is 17.9 Å². The molecule has 23 heavy (non-hydrogen) atoms. The summed E-state index contributed by atoms with van der Waals surface area (Å²) in [7, 11) is 0. The minimum atomic E-state index is -0.950. The lowest BCUT2D eigenvalue weighted by molar-refractivity contribution is 0.0932. The van der Waals surface area contributed by atoms with Gasteiger partial charge in [-0.15, -0.1) is 11.3 Å². The zero-order valence-corrected chi connectivity index (χ0v) is 13.7. The van der Waals surface area contributed by atoms with Crippen molar-refractivity contribution in [2.75, 3.05) is 13.2 Å². The molecular weight excluding hydrogens is 322 g/mol. The SMILES string of the molecule is CC(C)(CCO)CNC(=O)c1cnc(-c2ccc(F)c(F)c2)s1. The van der Waals surface area contributed by atoms with Crippen molar-refractivity contribution in [1.29, 1.82) is 0 Å². The fraction of sp³-hybridized carbons (Fsp3) is 0.375. The number of hydrogen-bond acceptors (Lipinski definition) is 4. The van der Waals surface area contributed by atoms with Gasteiger partial charge in [-0.3, -0.25) is 4.79 Å². The zero-order chi connectivity index (χ0) is 17.0. The van der Waals surface area contributed by atoms with Crippen LogP contribution in [-0.4, -0.2) is 29.1 Å². The van der Waals surface area contributed by atoms with Crippen molar-refractivity contribution in [2.45, 2.75) is 20.3 Å². The molecule has 124 valence electrons. The summed E-state index contributed by atoms with van der Waals surface area (Å²) in [6, 6.07) is 3.51. The van der Waals surface area contributed by atoms with Gasteiger partial charge in [-0.2, -0.15) is 0 Å². The molecule has 0 unspecified atom stereocenters. The highest BCUT2D eigenvalue weighted by Gasteiger charge is 2.20. The maximum Gasteiger partial charge on any atom is 0.263 e. The molecule has 0 fully saturated rings. The van der Waals surface area contributed by atoms with Gasteiger partial charge < -0.3 is 10.4 Å². The average Bonchev–Trinajstić information content (AvgIpc) is 2.97. The van der Waals surface area contributed by atoms with E-state index >= 15 is 0 Å². The second-order valence-electron chi connectivity index (χ2n) is 5.98.